The first-order valence-corrected chi connectivity index (χ1v) is 11.4. The minimum absolute atomic E-state index is 0.0112. The van der Waals surface area contributed by atoms with Crippen molar-refractivity contribution in [2.75, 3.05) is 23.3 Å². The van der Waals surface area contributed by atoms with E-state index in [1.807, 2.05) is 0 Å². The normalized spacial score (nSPS) is 13.9. The molecule has 4 aromatic rings. The molecule has 0 radical (unpaired) electrons. The summed E-state index contributed by atoms with van der Waals surface area (Å²) in [5.41, 5.74) is 1.87. The summed E-state index contributed by atoms with van der Waals surface area (Å²) in [4.78, 5) is 31.3. The van der Waals surface area contributed by atoms with Crippen LogP contribution in [0.5, 0.6) is 0 Å². The molecule has 1 aliphatic heterocycles. The number of carbonyl (C=O) groups excluding carboxylic acids is 2. The van der Waals surface area contributed by atoms with Crippen LogP contribution in [0.2, 0.25) is 0 Å². The molecule has 1 aromatic carbocycles. The molecule has 182 valence electrons. The molecule has 0 unspecified atom stereocenters. The summed E-state index contributed by atoms with van der Waals surface area (Å²) >= 11 is 0. The van der Waals surface area contributed by atoms with E-state index in [0.717, 1.165) is 12.8 Å². The van der Waals surface area contributed by atoms with Gasteiger partial charge in [0.2, 0.25) is 0 Å². The van der Waals surface area contributed by atoms with Crippen molar-refractivity contribution in [3.63, 3.8) is 0 Å². The average Bonchev–Trinajstić information content (AvgIpc) is 3.42. The number of amides is 2. The van der Waals surface area contributed by atoms with Gasteiger partial charge in [0.05, 0.1) is 11.3 Å². The second-order valence-corrected chi connectivity index (χ2v) is 8.29. The van der Waals surface area contributed by atoms with Crippen molar-refractivity contribution < 1.29 is 18.5 Å². The van der Waals surface area contributed by atoms with Crippen LogP contribution in [0.4, 0.5) is 16.0 Å². The number of benzene rings is 1. The van der Waals surface area contributed by atoms with Gasteiger partial charge in [-0.1, -0.05) is 17.3 Å². The lowest BCUT2D eigenvalue weighted by Gasteiger charge is -2.32. The molecule has 0 bridgehead atoms. The number of nitrogens with one attached hydrogen (secondary N) is 2. The predicted octanol–water partition coefficient (Wildman–Crippen LogP) is 3.32. The molecular formula is C25H22FN7O3. The molecule has 0 aliphatic carbocycles. The zero-order valence-electron chi connectivity index (χ0n) is 19.1. The number of halogens is 1. The first-order valence-electron chi connectivity index (χ1n) is 11.4. The zero-order chi connectivity index (χ0) is 24.9. The summed E-state index contributed by atoms with van der Waals surface area (Å²) in [5, 5.41) is 17.4. The maximum atomic E-state index is 13.4. The minimum atomic E-state index is -0.428. The Kier molecular flexibility index (Phi) is 6.61. The monoisotopic (exact) mass is 487 g/mol. The summed E-state index contributed by atoms with van der Waals surface area (Å²) in [6, 6.07) is 14.5. The Labute approximate surface area is 205 Å². The van der Waals surface area contributed by atoms with Crippen LogP contribution >= 0.6 is 0 Å². The van der Waals surface area contributed by atoms with Crippen LogP contribution in [0.15, 0.2) is 71.6 Å². The molecule has 0 spiro atoms. The van der Waals surface area contributed by atoms with Crippen LogP contribution in [0.25, 0.3) is 11.3 Å². The summed E-state index contributed by atoms with van der Waals surface area (Å²) in [6.07, 6.45) is 4.33. The lowest BCUT2D eigenvalue weighted by atomic mass is 10.0. The second-order valence-electron chi connectivity index (χ2n) is 8.29. The SMILES string of the molecule is O=C(NC1CCN(c2ccc(C(=O)Nc3ccon3)nn2)CC1)c1ccc(-c2cccc(F)c2)nc1. The van der Waals surface area contributed by atoms with E-state index in [1.165, 1.54) is 30.7 Å². The molecule has 2 amide bonds. The Morgan fingerprint density at radius 3 is 2.53 bits per heavy atom. The number of aromatic nitrogens is 4. The zero-order valence-corrected chi connectivity index (χ0v) is 19.1. The number of carbonyl (C=O) groups is 2. The van der Waals surface area contributed by atoms with Crippen molar-refractivity contribution in [1.29, 1.82) is 0 Å². The molecule has 10 nitrogen and oxygen atoms in total. The number of nitrogens with zero attached hydrogens (tertiary/aromatic N) is 5. The number of piperidine rings is 1. The average molecular weight is 487 g/mol. The van der Waals surface area contributed by atoms with Gasteiger partial charge in [0.25, 0.3) is 11.8 Å². The van der Waals surface area contributed by atoms with Crippen LogP contribution in [0.3, 0.4) is 0 Å². The Balaban J connectivity index is 1.12. The van der Waals surface area contributed by atoms with Crippen molar-refractivity contribution >= 4 is 23.5 Å². The van der Waals surface area contributed by atoms with E-state index in [4.69, 9.17) is 0 Å². The Bertz CT molecular complexity index is 1340. The van der Waals surface area contributed by atoms with Gasteiger partial charge in [0, 0.05) is 37.0 Å². The highest BCUT2D eigenvalue weighted by Crippen LogP contribution is 2.20. The molecule has 1 aliphatic rings. The van der Waals surface area contributed by atoms with Gasteiger partial charge < -0.3 is 20.1 Å². The maximum absolute atomic E-state index is 13.4. The molecule has 0 saturated carbocycles. The van der Waals surface area contributed by atoms with Gasteiger partial charge >= 0.3 is 0 Å². The van der Waals surface area contributed by atoms with Gasteiger partial charge in [-0.15, -0.1) is 10.2 Å². The van der Waals surface area contributed by atoms with E-state index in [9.17, 15) is 14.0 Å². The van der Waals surface area contributed by atoms with Gasteiger partial charge in [0.1, 0.15) is 12.1 Å². The van der Waals surface area contributed by atoms with Gasteiger partial charge in [0.15, 0.2) is 17.3 Å². The molecule has 0 atom stereocenters. The van der Waals surface area contributed by atoms with Gasteiger partial charge in [-0.3, -0.25) is 14.6 Å². The third-order valence-corrected chi connectivity index (χ3v) is 5.86. The van der Waals surface area contributed by atoms with Crippen molar-refractivity contribution in [3.05, 3.63) is 84.1 Å². The lowest BCUT2D eigenvalue weighted by molar-refractivity contribution is 0.0930. The van der Waals surface area contributed by atoms with Crippen LogP contribution in [-0.4, -0.2) is 51.3 Å². The van der Waals surface area contributed by atoms with Crippen molar-refractivity contribution in [2.24, 2.45) is 0 Å². The number of anilines is 2. The van der Waals surface area contributed by atoms with E-state index >= 15 is 0 Å². The fourth-order valence-corrected chi connectivity index (χ4v) is 3.94. The van der Waals surface area contributed by atoms with Gasteiger partial charge in [-0.05, 0) is 49.2 Å². The van der Waals surface area contributed by atoms with Crippen LogP contribution in [-0.2, 0) is 0 Å². The molecule has 5 rings (SSSR count). The quantitative estimate of drug-likeness (QED) is 0.424. The van der Waals surface area contributed by atoms with E-state index in [0.29, 0.717) is 41.5 Å². The summed E-state index contributed by atoms with van der Waals surface area (Å²) in [7, 11) is 0. The molecular weight excluding hydrogens is 465 g/mol. The van der Waals surface area contributed by atoms with Gasteiger partial charge in [-0.2, -0.15) is 0 Å². The summed E-state index contributed by atoms with van der Waals surface area (Å²) in [6.45, 7) is 1.36. The van der Waals surface area contributed by atoms with Crippen molar-refractivity contribution in [2.45, 2.75) is 18.9 Å². The summed E-state index contributed by atoms with van der Waals surface area (Å²) < 4.78 is 18.1. The molecule has 1 saturated heterocycles. The first kappa shape index (κ1) is 23.1. The largest absolute Gasteiger partial charge is 0.363 e. The highest BCUT2D eigenvalue weighted by molar-refractivity contribution is 6.02. The maximum Gasteiger partial charge on any atom is 0.277 e. The fourth-order valence-electron chi connectivity index (χ4n) is 3.94. The van der Waals surface area contributed by atoms with E-state index in [2.05, 4.69) is 40.4 Å². The number of hydrogen-bond donors (Lipinski definition) is 2. The highest BCUT2D eigenvalue weighted by Gasteiger charge is 2.23. The number of pyridine rings is 1. The molecule has 1 fully saturated rings. The highest BCUT2D eigenvalue weighted by atomic mass is 19.1. The molecule has 11 heteroatoms. The van der Waals surface area contributed by atoms with E-state index < -0.39 is 5.91 Å². The summed E-state index contributed by atoms with van der Waals surface area (Å²) in [5.74, 6) is -0.00197. The van der Waals surface area contributed by atoms with Crippen LogP contribution < -0.4 is 15.5 Å². The van der Waals surface area contributed by atoms with Crippen molar-refractivity contribution in [1.82, 2.24) is 25.7 Å². The Morgan fingerprint density at radius 2 is 1.86 bits per heavy atom. The number of hydrogen-bond acceptors (Lipinski definition) is 8. The van der Waals surface area contributed by atoms with Crippen molar-refractivity contribution in [3.8, 4) is 11.3 Å². The topological polar surface area (TPSA) is 126 Å². The van der Waals surface area contributed by atoms with E-state index in [1.54, 1.807) is 36.4 Å². The third-order valence-electron chi connectivity index (χ3n) is 5.86. The number of rotatable bonds is 6. The smallest absolute Gasteiger partial charge is 0.277 e. The Morgan fingerprint density at radius 1 is 1.00 bits per heavy atom. The first-order chi connectivity index (χ1) is 17.5. The molecule has 2 N–H and O–H groups in total. The van der Waals surface area contributed by atoms with Crippen LogP contribution in [0.1, 0.15) is 33.7 Å². The Hall–Kier alpha value is -4.67. The predicted molar refractivity (Wildman–Crippen MR) is 129 cm³/mol. The molecule has 36 heavy (non-hydrogen) atoms. The third kappa shape index (κ3) is 5.35. The second kappa shape index (κ2) is 10.3. The standard InChI is InChI=1S/C25H22FN7O3/c26-18-3-1-2-16(14-18)20-5-4-17(15-27-20)24(34)28-19-8-11-33(12-9-19)23-7-6-21(30-31-23)25(35)29-22-10-13-36-32-22/h1-7,10,13-15,19H,8-9,11-12H2,(H,28,34)(H,29,32,35). The minimum Gasteiger partial charge on any atom is -0.363 e. The van der Waals surface area contributed by atoms with Crippen LogP contribution in [0, 0.1) is 5.82 Å². The molecule has 4 heterocycles. The van der Waals surface area contributed by atoms with Gasteiger partial charge in [-0.25, -0.2) is 4.39 Å². The fraction of sp³-hybridized carbons (Fsp3) is 0.200. The molecule has 3 aromatic heterocycles. The van der Waals surface area contributed by atoms with E-state index in [-0.39, 0.29) is 23.5 Å². The lowest BCUT2D eigenvalue weighted by Crippen LogP contribution is -2.45.